The highest BCUT2D eigenvalue weighted by Crippen LogP contribution is 2.37. The van der Waals surface area contributed by atoms with Gasteiger partial charge in [0, 0.05) is 33.0 Å². The maximum atomic E-state index is 11.7. The number of carbonyl (C=O) groups excluding carboxylic acids is 1. The second-order valence-electron chi connectivity index (χ2n) is 8.63. The van der Waals surface area contributed by atoms with E-state index in [-0.39, 0.29) is 17.9 Å². The number of carbonyl (C=O) groups is 1. The Balaban J connectivity index is 2.01. The van der Waals surface area contributed by atoms with Crippen LogP contribution in [0.5, 0.6) is 0 Å². The van der Waals surface area contributed by atoms with Gasteiger partial charge in [0.15, 0.2) is 5.69 Å². The van der Waals surface area contributed by atoms with Gasteiger partial charge in [-0.05, 0) is 30.3 Å². The third-order valence-corrected chi connectivity index (χ3v) is 5.99. The van der Waals surface area contributed by atoms with Crippen LogP contribution < -0.4 is 0 Å². The van der Waals surface area contributed by atoms with Gasteiger partial charge in [-0.1, -0.05) is 72.0 Å². The topological polar surface area (TPSA) is 83.0 Å². The zero-order valence-corrected chi connectivity index (χ0v) is 22.0. The molecule has 176 valence electrons. The smallest absolute Gasteiger partial charge is 0.302 e. The first kappa shape index (κ1) is 24.4. The molecule has 2 heterocycles. The van der Waals surface area contributed by atoms with Gasteiger partial charge in [0.25, 0.3) is 5.89 Å². The Hall–Kier alpha value is -2.68. The van der Waals surface area contributed by atoms with E-state index < -0.39 is 5.97 Å². The third kappa shape index (κ3) is 5.04. The van der Waals surface area contributed by atoms with Crippen molar-refractivity contribution in [3.8, 4) is 28.5 Å². The second-order valence-corrected chi connectivity index (χ2v) is 10.4. The molecular formula is C24H21BrCl2N4O3. The van der Waals surface area contributed by atoms with Crippen LogP contribution in [0.3, 0.4) is 0 Å². The Morgan fingerprint density at radius 2 is 1.82 bits per heavy atom. The number of esters is 1. The van der Waals surface area contributed by atoms with Crippen LogP contribution >= 0.6 is 39.1 Å². The summed E-state index contributed by atoms with van der Waals surface area (Å²) < 4.78 is 14.0. The first-order valence-electron chi connectivity index (χ1n) is 10.4. The molecule has 7 nitrogen and oxygen atoms in total. The van der Waals surface area contributed by atoms with E-state index in [1.807, 2.05) is 45.0 Å². The van der Waals surface area contributed by atoms with Crippen LogP contribution in [0.4, 0.5) is 0 Å². The minimum atomic E-state index is -0.425. The van der Waals surface area contributed by atoms with Crippen LogP contribution in [0.25, 0.3) is 28.5 Å². The quantitative estimate of drug-likeness (QED) is 0.243. The molecule has 0 fully saturated rings. The summed E-state index contributed by atoms with van der Waals surface area (Å²) in [7, 11) is 0. The highest BCUT2D eigenvalue weighted by Gasteiger charge is 2.29. The van der Waals surface area contributed by atoms with E-state index in [1.54, 1.807) is 22.9 Å². The van der Waals surface area contributed by atoms with E-state index in [9.17, 15) is 4.79 Å². The van der Waals surface area contributed by atoms with E-state index in [0.29, 0.717) is 38.6 Å². The fourth-order valence-corrected chi connectivity index (χ4v) is 4.04. The fourth-order valence-electron chi connectivity index (χ4n) is 3.29. The Kier molecular flexibility index (Phi) is 6.85. The van der Waals surface area contributed by atoms with Crippen LogP contribution in [-0.4, -0.2) is 25.9 Å². The Bertz CT molecular complexity index is 1360. The summed E-state index contributed by atoms with van der Waals surface area (Å²) in [6.07, 6.45) is 0. The lowest BCUT2D eigenvalue weighted by Crippen LogP contribution is -2.11. The monoisotopic (exact) mass is 562 g/mol. The van der Waals surface area contributed by atoms with Crippen molar-refractivity contribution in [2.24, 2.45) is 0 Å². The molecule has 0 saturated carbocycles. The Morgan fingerprint density at radius 3 is 2.41 bits per heavy atom. The molecule has 2 aromatic heterocycles. The lowest BCUT2D eigenvalue weighted by atomic mass is 9.97. The molecule has 0 unspecified atom stereocenters. The van der Waals surface area contributed by atoms with E-state index in [4.69, 9.17) is 37.5 Å². The van der Waals surface area contributed by atoms with Crippen LogP contribution in [0.2, 0.25) is 10.0 Å². The van der Waals surface area contributed by atoms with Gasteiger partial charge in [0.05, 0.1) is 16.4 Å². The predicted octanol–water partition coefficient (Wildman–Crippen LogP) is 7.02. The van der Waals surface area contributed by atoms with Gasteiger partial charge in [-0.15, -0.1) is 10.2 Å². The molecule has 10 heteroatoms. The fraction of sp³-hybridized carbons (Fsp3) is 0.250. The van der Waals surface area contributed by atoms with Crippen molar-refractivity contribution in [2.45, 2.75) is 39.7 Å². The molecule has 0 bridgehead atoms. The molecular weight excluding hydrogens is 543 g/mol. The minimum Gasteiger partial charge on any atom is -0.461 e. The van der Waals surface area contributed by atoms with Crippen LogP contribution in [0, 0.1) is 0 Å². The maximum Gasteiger partial charge on any atom is 0.302 e. The van der Waals surface area contributed by atoms with E-state index in [1.165, 1.54) is 6.92 Å². The highest BCUT2D eigenvalue weighted by atomic mass is 79.9. The largest absolute Gasteiger partial charge is 0.461 e. The third-order valence-electron chi connectivity index (χ3n) is 4.93. The van der Waals surface area contributed by atoms with Gasteiger partial charge in [0.1, 0.15) is 6.61 Å². The number of halogens is 3. The number of benzene rings is 2. The van der Waals surface area contributed by atoms with Crippen LogP contribution in [-0.2, 0) is 21.6 Å². The number of hydrogen-bond acceptors (Lipinski definition) is 6. The molecule has 0 atom stereocenters. The first-order valence-corrected chi connectivity index (χ1v) is 11.9. The van der Waals surface area contributed by atoms with E-state index in [2.05, 4.69) is 26.1 Å². The van der Waals surface area contributed by atoms with Crippen LogP contribution in [0.1, 0.15) is 39.1 Å². The zero-order chi connectivity index (χ0) is 24.6. The number of nitrogens with zero attached hydrogens (tertiary/aromatic N) is 4. The highest BCUT2D eigenvalue weighted by molar-refractivity contribution is 9.10. The van der Waals surface area contributed by atoms with Gasteiger partial charge >= 0.3 is 5.97 Å². The van der Waals surface area contributed by atoms with Crippen molar-refractivity contribution in [1.29, 1.82) is 0 Å². The van der Waals surface area contributed by atoms with Crippen molar-refractivity contribution < 1.29 is 13.9 Å². The molecule has 4 rings (SSSR count). The summed E-state index contributed by atoms with van der Waals surface area (Å²) in [4.78, 5) is 11.7. The van der Waals surface area contributed by atoms with Crippen molar-refractivity contribution in [1.82, 2.24) is 20.0 Å². The Morgan fingerprint density at radius 1 is 1.12 bits per heavy atom. The molecule has 0 aliphatic heterocycles. The zero-order valence-electron chi connectivity index (χ0n) is 18.9. The normalized spacial score (nSPS) is 11.6. The predicted molar refractivity (Wildman–Crippen MR) is 134 cm³/mol. The van der Waals surface area contributed by atoms with Crippen molar-refractivity contribution in [3.05, 3.63) is 68.4 Å². The summed E-state index contributed by atoms with van der Waals surface area (Å²) >= 11 is 16.2. The summed E-state index contributed by atoms with van der Waals surface area (Å²) in [6, 6.07) is 12.8. The van der Waals surface area contributed by atoms with Gasteiger partial charge in [0.2, 0.25) is 5.89 Å². The molecule has 2 aromatic carbocycles. The van der Waals surface area contributed by atoms with Gasteiger partial charge in [-0.3, -0.25) is 4.79 Å². The first-order chi connectivity index (χ1) is 16.0. The molecule has 0 spiro atoms. The minimum absolute atomic E-state index is 0.0471. The molecule has 0 aliphatic rings. The van der Waals surface area contributed by atoms with Crippen molar-refractivity contribution in [2.75, 3.05) is 0 Å². The number of ether oxygens (including phenoxy) is 1. The summed E-state index contributed by atoms with van der Waals surface area (Å²) in [5.41, 5.74) is 2.74. The van der Waals surface area contributed by atoms with Crippen molar-refractivity contribution >= 4 is 45.1 Å². The maximum absolute atomic E-state index is 11.7. The molecule has 0 saturated heterocycles. The van der Waals surface area contributed by atoms with Gasteiger partial charge < -0.3 is 9.15 Å². The lowest BCUT2D eigenvalue weighted by Gasteiger charge is -2.12. The van der Waals surface area contributed by atoms with Gasteiger partial charge in [-0.2, -0.15) is 5.10 Å². The number of hydrogen-bond donors (Lipinski definition) is 0. The molecule has 4 aromatic rings. The Labute approximate surface area is 215 Å². The van der Waals surface area contributed by atoms with Crippen LogP contribution in [0.15, 0.2) is 51.4 Å². The molecule has 0 radical (unpaired) electrons. The van der Waals surface area contributed by atoms with E-state index in [0.717, 1.165) is 10.0 Å². The molecule has 0 N–H and O–H groups in total. The standard InChI is InChI=1S/C24H21BrCl2N4O3/c1-13(32)33-12-17-20(22-28-29-23(34-22)24(2,3)4)30-31(19-10-9-16(26)11-18(19)27)21(17)14-5-7-15(25)8-6-14/h5-11H,12H2,1-4H3. The summed E-state index contributed by atoms with van der Waals surface area (Å²) in [5.74, 6) is 0.255. The average Bonchev–Trinajstić information content (AvgIpc) is 3.38. The molecule has 34 heavy (non-hydrogen) atoms. The van der Waals surface area contributed by atoms with E-state index >= 15 is 0 Å². The summed E-state index contributed by atoms with van der Waals surface area (Å²) in [5, 5.41) is 14.1. The lowest BCUT2D eigenvalue weighted by molar-refractivity contribution is -0.142. The number of aromatic nitrogens is 4. The summed E-state index contributed by atoms with van der Waals surface area (Å²) in [6.45, 7) is 7.23. The molecule has 0 aliphatic carbocycles. The second kappa shape index (κ2) is 9.52. The van der Waals surface area contributed by atoms with Gasteiger partial charge in [-0.25, -0.2) is 4.68 Å². The SMILES string of the molecule is CC(=O)OCc1c(-c2nnc(C(C)(C)C)o2)nn(-c2ccc(Cl)cc2Cl)c1-c1ccc(Br)cc1. The van der Waals surface area contributed by atoms with Crippen molar-refractivity contribution in [3.63, 3.8) is 0 Å². The number of rotatable bonds is 5. The molecule has 0 amide bonds. The average molecular weight is 564 g/mol.